The van der Waals surface area contributed by atoms with Gasteiger partial charge in [-0.1, -0.05) is 43.5 Å². The van der Waals surface area contributed by atoms with Gasteiger partial charge >= 0.3 is 0 Å². The number of para-hydroxylation sites is 1. The van der Waals surface area contributed by atoms with Gasteiger partial charge in [0.15, 0.2) is 6.10 Å². The Kier molecular flexibility index (Phi) is 7.40. The molecule has 1 aromatic rings. The first-order valence-corrected chi connectivity index (χ1v) is 9.44. The van der Waals surface area contributed by atoms with E-state index in [1.54, 1.807) is 12.1 Å². The maximum absolute atomic E-state index is 12.2. The predicted octanol–water partition coefficient (Wildman–Crippen LogP) is 4.29. The van der Waals surface area contributed by atoms with Crippen molar-refractivity contribution in [1.82, 2.24) is 5.32 Å². The first kappa shape index (κ1) is 17.5. The van der Waals surface area contributed by atoms with Crippen molar-refractivity contribution in [2.24, 2.45) is 0 Å². The highest BCUT2D eigenvalue weighted by Crippen LogP contribution is 2.29. The smallest absolute Gasteiger partial charge is 0.261 e. The molecule has 122 valence electrons. The van der Waals surface area contributed by atoms with Crippen LogP contribution in [0.15, 0.2) is 24.3 Å². The van der Waals surface area contributed by atoms with Gasteiger partial charge in [-0.05, 0) is 31.4 Å². The molecule has 0 radical (unpaired) electrons. The second-order valence-electron chi connectivity index (χ2n) is 5.51. The van der Waals surface area contributed by atoms with Crippen LogP contribution in [0.25, 0.3) is 0 Å². The molecule has 0 unspecified atom stereocenters. The Morgan fingerprint density at radius 3 is 2.82 bits per heavy atom. The SMILES string of the molecule is CC[C@@H](Oc1ccccc1Cl)C(=O)NCCSC1CCCC1. The van der Waals surface area contributed by atoms with E-state index in [1.165, 1.54) is 25.7 Å². The van der Waals surface area contributed by atoms with Crippen LogP contribution in [0.5, 0.6) is 5.75 Å². The van der Waals surface area contributed by atoms with Crippen LogP contribution in [0.2, 0.25) is 5.02 Å². The summed E-state index contributed by atoms with van der Waals surface area (Å²) in [7, 11) is 0. The fourth-order valence-corrected chi connectivity index (χ4v) is 3.98. The fraction of sp³-hybridized carbons (Fsp3) is 0.588. The number of carbonyl (C=O) groups is 1. The summed E-state index contributed by atoms with van der Waals surface area (Å²) in [5, 5.41) is 4.29. The van der Waals surface area contributed by atoms with Crippen molar-refractivity contribution >= 4 is 29.3 Å². The summed E-state index contributed by atoms with van der Waals surface area (Å²) in [6, 6.07) is 7.24. The number of amides is 1. The van der Waals surface area contributed by atoms with Gasteiger partial charge in [-0.3, -0.25) is 4.79 Å². The molecule has 3 nitrogen and oxygen atoms in total. The zero-order valence-corrected chi connectivity index (χ0v) is 14.6. The van der Waals surface area contributed by atoms with Crippen molar-refractivity contribution in [1.29, 1.82) is 0 Å². The van der Waals surface area contributed by atoms with Crippen molar-refractivity contribution in [2.45, 2.75) is 50.4 Å². The van der Waals surface area contributed by atoms with Crippen LogP contribution >= 0.6 is 23.4 Å². The summed E-state index contributed by atoms with van der Waals surface area (Å²) in [4.78, 5) is 12.2. The lowest BCUT2D eigenvalue weighted by Gasteiger charge is -2.18. The van der Waals surface area contributed by atoms with Crippen LogP contribution in [0.4, 0.5) is 0 Å². The maximum Gasteiger partial charge on any atom is 0.261 e. The lowest BCUT2D eigenvalue weighted by molar-refractivity contribution is -0.127. The van der Waals surface area contributed by atoms with E-state index in [-0.39, 0.29) is 5.91 Å². The zero-order chi connectivity index (χ0) is 15.8. The highest BCUT2D eigenvalue weighted by Gasteiger charge is 2.19. The monoisotopic (exact) mass is 341 g/mol. The molecule has 0 heterocycles. The van der Waals surface area contributed by atoms with Crippen LogP contribution in [0.3, 0.4) is 0 Å². The van der Waals surface area contributed by atoms with E-state index < -0.39 is 6.10 Å². The Bertz CT molecular complexity index is 477. The summed E-state index contributed by atoms with van der Waals surface area (Å²) in [6.45, 7) is 2.64. The maximum atomic E-state index is 12.2. The van der Waals surface area contributed by atoms with Gasteiger partial charge in [-0.2, -0.15) is 11.8 Å². The van der Waals surface area contributed by atoms with Crippen molar-refractivity contribution in [3.63, 3.8) is 0 Å². The molecule has 1 fully saturated rings. The molecule has 1 aromatic carbocycles. The molecule has 1 aliphatic carbocycles. The minimum Gasteiger partial charge on any atom is -0.479 e. The second-order valence-corrected chi connectivity index (χ2v) is 7.33. The zero-order valence-electron chi connectivity index (χ0n) is 13.0. The largest absolute Gasteiger partial charge is 0.479 e. The molecule has 22 heavy (non-hydrogen) atoms. The summed E-state index contributed by atoms with van der Waals surface area (Å²) in [5.41, 5.74) is 0. The van der Waals surface area contributed by atoms with E-state index in [0.717, 1.165) is 11.0 Å². The number of benzene rings is 1. The first-order valence-electron chi connectivity index (χ1n) is 8.01. The number of nitrogens with one attached hydrogen (secondary N) is 1. The second kappa shape index (κ2) is 9.31. The minimum atomic E-state index is -0.489. The Morgan fingerprint density at radius 1 is 1.41 bits per heavy atom. The lowest BCUT2D eigenvalue weighted by atomic mass is 10.2. The summed E-state index contributed by atoms with van der Waals surface area (Å²) < 4.78 is 5.74. The molecule has 1 atom stereocenters. The normalized spacial score (nSPS) is 16.5. The molecule has 2 rings (SSSR count). The highest BCUT2D eigenvalue weighted by atomic mass is 35.5. The Labute approximate surface area is 142 Å². The quantitative estimate of drug-likeness (QED) is 0.717. The van der Waals surface area contributed by atoms with E-state index in [4.69, 9.17) is 16.3 Å². The first-order chi connectivity index (χ1) is 10.7. The number of rotatable bonds is 8. The molecule has 0 bridgehead atoms. The van der Waals surface area contributed by atoms with Gasteiger partial charge in [0.05, 0.1) is 5.02 Å². The van der Waals surface area contributed by atoms with Crippen LogP contribution < -0.4 is 10.1 Å². The topological polar surface area (TPSA) is 38.3 Å². The third-order valence-corrected chi connectivity index (χ3v) is 5.52. The number of hydrogen-bond acceptors (Lipinski definition) is 3. The Balaban J connectivity index is 1.73. The Hall–Kier alpha value is -0.870. The summed E-state index contributed by atoms with van der Waals surface area (Å²) in [6.07, 6.45) is 5.49. The van der Waals surface area contributed by atoms with Crippen LogP contribution in [-0.4, -0.2) is 29.6 Å². The molecule has 0 aliphatic heterocycles. The molecule has 0 saturated heterocycles. The lowest BCUT2D eigenvalue weighted by Crippen LogP contribution is -2.39. The van der Waals surface area contributed by atoms with Crippen molar-refractivity contribution in [3.05, 3.63) is 29.3 Å². The standard InChI is InChI=1S/C17H24ClNO2S/c1-2-15(21-16-10-6-5-9-14(16)18)17(20)19-11-12-22-13-7-3-4-8-13/h5-6,9-10,13,15H,2-4,7-8,11-12H2,1H3,(H,19,20)/t15-/m1/s1. The van der Waals surface area contributed by atoms with Gasteiger partial charge < -0.3 is 10.1 Å². The van der Waals surface area contributed by atoms with Crippen molar-refractivity contribution in [2.75, 3.05) is 12.3 Å². The average molecular weight is 342 g/mol. The van der Waals surface area contributed by atoms with E-state index >= 15 is 0 Å². The van der Waals surface area contributed by atoms with Crippen LogP contribution in [0.1, 0.15) is 39.0 Å². The van der Waals surface area contributed by atoms with Crippen LogP contribution in [-0.2, 0) is 4.79 Å². The van der Waals surface area contributed by atoms with Gasteiger partial charge in [-0.15, -0.1) is 0 Å². The molecule has 0 aromatic heterocycles. The summed E-state index contributed by atoms with van der Waals surface area (Å²) >= 11 is 8.04. The molecule has 0 spiro atoms. The Morgan fingerprint density at radius 2 is 2.14 bits per heavy atom. The average Bonchev–Trinajstić information content (AvgIpc) is 3.04. The van der Waals surface area contributed by atoms with Crippen molar-refractivity contribution < 1.29 is 9.53 Å². The third kappa shape index (κ3) is 5.40. The fourth-order valence-electron chi connectivity index (χ4n) is 2.58. The van der Waals surface area contributed by atoms with Crippen molar-refractivity contribution in [3.8, 4) is 5.75 Å². The summed E-state index contributed by atoms with van der Waals surface area (Å²) in [5.74, 6) is 1.47. The van der Waals surface area contributed by atoms with Gasteiger partial charge in [0.2, 0.25) is 0 Å². The molecular weight excluding hydrogens is 318 g/mol. The predicted molar refractivity (Wildman–Crippen MR) is 93.9 cm³/mol. The van der Waals surface area contributed by atoms with E-state index in [2.05, 4.69) is 5.32 Å². The van der Waals surface area contributed by atoms with E-state index in [1.807, 2.05) is 30.8 Å². The molecule has 1 aliphatic rings. The third-order valence-electron chi connectivity index (χ3n) is 3.83. The van der Waals surface area contributed by atoms with E-state index in [0.29, 0.717) is 23.7 Å². The molecule has 1 amide bonds. The van der Waals surface area contributed by atoms with Gasteiger partial charge in [0.25, 0.3) is 5.91 Å². The van der Waals surface area contributed by atoms with Crippen LogP contribution in [0, 0.1) is 0 Å². The van der Waals surface area contributed by atoms with Gasteiger partial charge in [-0.25, -0.2) is 0 Å². The number of hydrogen-bond donors (Lipinski definition) is 1. The highest BCUT2D eigenvalue weighted by molar-refractivity contribution is 7.99. The van der Waals surface area contributed by atoms with E-state index in [9.17, 15) is 4.79 Å². The van der Waals surface area contributed by atoms with Gasteiger partial charge in [0, 0.05) is 17.5 Å². The minimum absolute atomic E-state index is 0.0607. The number of carbonyl (C=O) groups excluding carboxylic acids is 1. The molecule has 1 saturated carbocycles. The number of thioether (sulfide) groups is 1. The number of halogens is 1. The van der Waals surface area contributed by atoms with Gasteiger partial charge in [0.1, 0.15) is 5.75 Å². The molecular formula is C17H24ClNO2S. The molecule has 1 N–H and O–H groups in total. The number of ether oxygens (including phenoxy) is 1. The molecule has 5 heteroatoms.